The molecular formula is C20H25F3N4S2. The van der Waals surface area contributed by atoms with Crippen LogP contribution in [0.25, 0.3) is 0 Å². The first-order chi connectivity index (χ1) is 14.0. The molecule has 3 atom stereocenters. The highest BCUT2D eigenvalue weighted by Crippen LogP contribution is 2.46. The van der Waals surface area contributed by atoms with E-state index in [1.807, 2.05) is 35.3 Å². The number of rotatable bonds is 3. The zero-order valence-corrected chi connectivity index (χ0v) is 17.7. The molecule has 0 unspecified atom stereocenters. The van der Waals surface area contributed by atoms with Crippen LogP contribution >= 0.6 is 23.1 Å². The summed E-state index contributed by atoms with van der Waals surface area (Å²) in [6.07, 6.45) is 0.0603. The van der Waals surface area contributed by atoms with Gasteiger partial charge >= 0.3 is 6.18 Å². The van der Waals surface area contributed by atoms with Gasteiger partial charge in [0.2, 0.25) is 0 Å². The van der Waals surface area contributed by atoms with Crippen LogP contribution in [0.2, 0.25) is 0 Å². The summed E-state index contributed by atoms with van der Waals surface area (Å²) in [5.41, 5.74) is 0.796. The molecular weight excluding hydrogens is 417 g/mol. The molecule has 4 nitrogen and oxygen atoms in total. The Bertz CT molecular complexity index is 829. The van der Waals surface area contributed by atoms with E-state index in [-0.39, 0.29) is 18.5 Å². The summed E-state index contributed by atoms with van der Waals surface area (Å²) in [6, 6.07) is 4.43. The zero-order valence-electron chi connectivity index (χ0n) is 16.1. The molecule has 2 aromatic rings. The van der Waals surface area contributed by atoms with E-state index in [1.165, 1.54) is 40.4 Å². The fraction of sp³-hybridized carbons (Fsp3) is 0.650. The summed E-state index contributed by atoms with van der Waals surface area (Å²) in [5, 5.41) is 9.77. The number of thiophene rings is 1. The number of nitrogens with zero attached hydrogens (tertiary/aromatic N) is 3. The number of hydrogen-bond donors (Lipinski definition) is 1. The topological polar surface area (TPSA) is 33.1 Å². The number of hydrogen-bond acceptors (Lipinski definition) is 5. The van der Waals surface area contributed by atoms with Crippen molar-refractivity contribution in [3.63, 3.8) is 0 Å². The number of aromatic nitrogens is 2. The van der Waals surface area contributed by atoms with Crippen LogP contribution in [0.3, 0.4) is 0 Å². The van der Waals surface area contributed by atoms with E-state index in [0.29, 0.717) is 11.9 Å². The SMILES string of the molecule is FC(F)(F)[C@H]1C[C@@H](c2cccs2)Nc2cc([C@H]3CCCN3C3CCSCC3)nn21. The van der Waals surface area contributed by atoms with E-state index in [1.54, 1.807) is 0 Å². The van der Waals surface area contributed by atoms with Crippen molar-refractivity contribution in [3.8, 4) is 0 Å². The van der Waals surface area contributed by atoms with Crippen LogP contribution in [0.5, 0.6) is 0 Å². The number of thioether (sulfide) groups is 1. The van der Waals surface area contributed by atoms with Crippen LogP contribution in [-0.2, 0) is 0 Å². The quantitative estimate of drug-likeness (QED) is 0.667. The number of anilines is 1. The first-order valence-electron chi connectivity index (χ1n) is 10.3. The van der Waals surface area contributed by atoms with Gasteiger partial charge in [-0.05, 0) is 55.2 Å². The van der Waals surface area contributed by atoms with Crippen molar-refractivity contribution in [2.45, 2.75) is 62.4 Å². The van der Waals surface area contributed by atoms with E-state index < -0.39 is 12.2 Å². The minimum Gasteiger partial charge on any atom is -0.363 e. The third kappa shape index (κ3) is 3.81. The van der Waals surface area contributed by atoms with Crippen molar-refractivity contribution in [3.05, 3.63) is 34.2 Å². The summed E-state index contributed by atoms with van der Waals surface area (Å²) in [6.45, 7) is 1.02. The van der Waals surface area contributed by atoms with Crippen LogP contribution in [0.4, 0.5) is 19.0 Å². The summed E-state index contributed by atoms with van der Waals surface area (Å²) >= 11 is 3.50. The molecule has 0 bridgehead atoms. The summed E-state index contributed by atoms with van der Waals surface area (Å²) < 4.78 is 42.9. The van der Waals surface area contributed by atoms with Crippen LogP contribution in [-0.4, -0.2) is 44.9 Å². The van der Waals surface area contributed by atoms with Gasteiger partial charge in [0.1, 0.15) is 5.82 Å². The molecule has 3 aliphatic heterocycles. The van der Waals surface area contributed by atoms with E-state index in [4.69, 9.17) is 0 Å². The number of nitrogens with one attached hydrogen (secondary N) is 1. The lowest BCUT2D eigenvalue weighted by Crippen LogP contribution is -2.38. The maximum absolute atomic E-state index is 13.9. The lowest BCUT2D eigenvalue weighted by atomic mass is 10.0. The normalized spacial score (nSPS) is 29.0. The Morgan fingerprint density at radius 2 is 2.00 bits per heavy atom. The maximum Gasteiger partial charge on any atom is 0.410 e. The van der Waals surface area contributed by atoms with Gasteiger partial charge in [0.05, 0.1) is 17.8 Å². The van der Waals surface area contributed by atoms with E-state index >= 15 is 0 Å². The molecule has 0 spiro atoms. The highest BCUT2D eigenvalue weighted by Gasteiger charge is 2.47. The second-order valence-electron chi connectivity index (χ2n) is 8.14. The van der Waals surface area contributed by atoms with Crippen molar-refractivity contribution < 1.29 is 13.2 Å². The predicted molar refractivity (Wildman–Crippen MR) is 112 cm³/mol. The Kier molecular flexibility index (Phi) is 5.32. The lowest BCUT2D eigenvalue weighted by Gasteiger charge is -2.34. The maximum atomic E-state index is 13.9. The highest BCUT2D eigenvalue weighted by molar-refractivity contribution is 7.99. The minimum atomic E-state index is -4.31. The van der Waals surface area contributed by atoms with Crippen LogP contribution < -0.4 is 5.32 Å². The van der Waals surface area contributed by atoms with Crippen molar-refractivity contribution in [1.29, 1.82) is 0 Å². The van der Waals surface area contributed by atoms with E-state index in [0.717, 1.165) is 30.0 Å². The third-order valence-corrected chi connectivity index (χ3v) is 8.43. The molecule has 0 aromatic carbocycles. The summed E-state index contributed by atoms with van der Waals surface area (Å²) in [5.74, 6) is 2.85. The molecule has 5 rings (SSSR count). The van der Waals surface area contributed by atoms with Gasteiger partial charge < -0.3 is 5.32 Å². The average molecular weight is 443 g/mol. The Morgan fingerprint density at radius 3 is 2.72 bits per heavy atom. The number of fused-ring (bicyclic) bond motifs is 1. The van der Waals surface area contributed by atoms with Crippen molar-refractivity contribution in [2.75, 3.05) is 23.4 Å². The molecule has 0 aliphatic carbocycles. The first kappa shape index (κ1) is 19.8. The number of halogens is 3. The molecule has 0 amide bonds. The van der Waals surface area contributed by atoms with Crippen LogP contribution in [0, 0.1) is 0 Å². The van der Waals surface area contributed by atoms with Gasteiger partial charge in [-0.2, -0.15) is 30.0 Å². The molecule has 5 heterocycles. The minimum absolute atomic E-state index is 0.0215. The predicted octanol–water partition coefficient (Wildman–Crippen LogP) is 5.64. The monoisotopic (exact) mass is 442 g/mol. The molecule has 1 N–H and O–H groups in total. The van der Waals surface area contributed by atoms with E-state index in [9.17, 15) is 13.2 Å². The number of likely N-dealkylation sites (tertiary alicyclic amines) is 1. The Hall–Kier alpha value is -1.19. The number of alkyl halides is 3. The van der Waals surface area contributed by atoms with Gasteiger partial charge in [0, 0.05) is 23.4 Å². The Balaban J connectivity index is 1.45. The fourth-order valence-corrected chi connectivity index (χ4v) is 6.86. The van der Waals surface area contributed by atoms with Crippen molar-refractivity contribution >= 4 is 28.9 Å². The molecule has 2 saturated heterocycles. The summed E-state index contributed by atoms with van der Waals surface area (Å²) in [7, 11) is 0. The summed E-state index contributed by atoms with van der Waals surface area (Å²) in [4.78, 5) is 3.45. The first-order valence-corrected chi connectivity index (χ1v) is 12.3. The largest absolute Gasteiger partial charge is 0.410 e. The van der Waals surface area contributed by atoms with Crippen molar-refractivity contribution in [1.82, 2.24) is 14.7 Å². The van der Waals surface area contributed by atoms with Crippen molar-refractivity contribution in [2.24, 2.45) is 0 Å². The smallest absolute Gasteiger partial charge is 0.363 e. The van der Waals surface area contributed by atoms with Crippen LogP contribution in [0.15, 0.2) is 23.6 Å². The zero-order chi connectivity index (χ0) is 20.0. The molecule has 0 saturated carbocycles. The molecule has 29 heavy (non-hydrogen) atoms. The van der Waals surface area contributed by atoms with Gasteiger partial charge in [-0.25, -0.2) is 4.68 Å². The lowest BCUT2D eigenvalue weighted by molar-refractivity contribution is -0.173. The Morgan fingerprint density at radius 1 is 1.17 bits per heavy atom. The molecule has 9 heteroatoms. The molecule has 2 fully saturated rings. The molecule has 2 aromatic heterocycles. The van der Waals surface area contributed by atoms with Gasteiger partial charge in [0.15, 0.2) is 6.04 Å². The molecule has 0 radical (unpaired) electrons. The van der Waals surface area contributed by atoms with Gasteiger partial charge in [0.25, 0.3) is 0 Å². The van der Waals surface area contributed by atoms with Crippen LogP contribution in [0.1, 0.15) is 60.8 Å². The standard InChI is InChI=1S/C20H25F3N4S2/c21-20(22,23)18-11-15(17-4-2-8-29-17)24-19-12-14(25-27(18)19)16-3-1-7-26(16)13-5-9-28-10-6-13/h2,4,8,12-13,15-16,18,24H,1,3,5-7,9-11H2/t15-,16+,18+/m0/s1. The van der Waals surface area contributed by atoms with Gasteiger partial charge in [-0.3, -0.25) is 4.90 Å². The average Bonchev–Trinajstić information content (AvgIpc) is 3.46. The van der Waals surface area contributed by atoms with E-state index in [2.05, 4.69) is 15.3 Å². The Labute approximate surface area is 176 Å². The fourth-order valence-electron chi connectivity index (χ4n) is 4.99. The highest BCUT2D eigenvalue weighted by atomic mass is 32.2. The van der Waals surface area contributed by atoms with Gasteiger partial charge in [-0.1, -0.05) is 6.07 Å². The second kappa shape index (κ2) is 7.81. The third-order valence-electron chi connectivity index (χ3n) is 6.39. The second-order valence-corrected chi connectivity index (χ2v) is 10.3. The molecule has 3 aliphatic rings. The van der Waals surface area contributed by atoms with Gasteiger partial charge in [-0.15, -0.1) is 11.3 Å². The molecule has 158 valence electrons.